The number of hydrogen-bond donors (Lipinski definition) is 4. The number of nitrogens with zero attached hydrogens (tertiary/aromatic N) is 4. The Bertz CT molecular complexity index is 2360. The Hall–Kier alpha value is -6.04. The van der Waals surface area contributed by atoms with Gasteiger partial charge in [0.25, 0.3) is 26.0 Å². The van der Waals surface area contributed by atoms with Crippen LogP contribution in [0.15, 0.2) is 82.0 Å². The number of ether oxygens (including phenoxy) is 1. The van der Waals surface area contributed by atoms with Crippen molar-refractivity contribution in [3.63, 3.8) is 0 Å². The summed E-state index contributed by atoms with van der Waals surface area (Å²) in [5, 5.41) is 30.7. The van der Waals surface area contributed by atoms with E-state index in [0.717, 1.165) is 46.9 Å². The molecule has 0 aliphatic carbocycles. The van der Waals surface area contributed by atoms with Crippen LogP contribution in [0.25, 0.3) is 0 Å². The largest absolute Gasteiger partial charge is 0.462 e. The van der Waals surface area contributed by atoms with Gasteiger partial charge < -0.3 is 15.4 Å². The number of thiazole rings is 2. The predicted molar refractivity (Wildman–Crippen MR) is 190 cm³/mol. The van der Waals surface area contributed by atoms with Crippen LogP contribution in [-0.2, 0) is 24.8 Å². The minimum Gasteiger partial charge on any atom is -0.462 e. The van der Waals surface area contributed by atoms with Crippen molar-refractivity contribution in [1.29, 1.82) is 0 Å². The molecule has 0 radical (unpaired) electrons. The molecule has 0 bridgehead atoms. The van der Waals surface area contributed by atoms with Crippen molar-refractivity contribution in [3.05, 3.63) is 109 Å². The second kappa shape index (κ2) is 15.1. The van der Waals surface area contributed by atoms with Gasteiger partial charge in [-0.15, -0.1) is 11.3 Å². The molecule has 1 amide bonds. The van der Waals surface area contributed by atoms with Crippen LogP contribution in [0.1, 0.15) is 32.6 Å². The lowest BCUT2D eigenvalue weighted by atomic mass is 10.1. The van der Waals surface area contributed by atoms with E-state index in [0.29, 0.717) is 0 Å². The second-order valence-electron chi connectivity index (χ2n) is 10.2. The first-order valence-corrected chi connectivity index (χ1v) is 19.1. The fourth-order valence-corrected chi connectivity index (χ4v) is 8.27. The molecule has 3 aromatic carbocycles. The van der Waals surface area contributed by atoms with E-state index in [1.807, 2.05) is 0 Å². The number of nitro groups is 2. The third-order valence-electron chi connectivity index (χ3n) is 6.74. The number of nitro benzene ring substituents is 2. The number of rotatable bonds is 14. The molecule has 23 heteroatoms. The molecular weight excluding hydrogens is 765 g/mol. The van der Waals surface area contributed by atoms with Gasteiger partial charge in [0.2, 0.25) is 0 Å². The highest BCUT2D eigenvalue weighted by Crippen LogP contribution is 2.38. The molecule has 270 valence electrons. The first kappa shape index (κ1) is 37.2. The van der Waals surface area contributed by atoms with Gasteiger partial charge >= 0.3 is 17.3 Å². The predicted octanol–water partition coefficient (Wildman–Crippen LogP) is 5.50. The molecule has 52 heavy (non-hydrogen) atoms. The van der Waals surface area contributed by atoms with Crippen molar-refractivity contribution in [3.8, 4) is 0 Å². The topological polar surface area (TPSA) is 272 Å². The molecule has 0 aliphatic heterocycles. The van der Waals surface area contributed by atoms with Crippen molar-refractivity contribution < 1.29 is 41.0 Å². The maximum Gasteiger partial charge on any atom is 0.350 e. The first-order chi connectivity index (χ1) is 24.6. The van der Waals surface area contributed by atoms with Crippen molar-refractivity contribution in [1.82, 2.24) is 9.97 Å². The van der Waals surface area contributed by atoms with Crippen molar-refractivity contribution in [2.45, 2.75) is 23.6 Å². The lowest BCUT2D eigenvalue weighted by Crippen LogP contribution is -2.15. The number of esters is 1. The number of amides is 1. The smallest absolute Gasteiger partial charge is 0.350 e. The average molecular weight is 789 g/mol. The maximum atomic E-state index is 13.1. The number of anilines is 5. The van der Waals surface area contributed by atoms with Gasteiger partial charge in [-0.3, -0.25) is 34.5 Å². The number of carbonyl (C=O) groups is 2. The molecule has 0 aliphatic rings. The Balaban J connectivity index is 1.33. The Labute approximate surface area is 302 Å². The number of sulfonamides is 2. The Morgan fingerprint density at radius 2 is 1.38 bits per heavy atom. The second-order valence-corrected chi connectivity index (χ2v) is 15.5. The summed E-state index contributed by atoms with van der Waals surface area (Å²) in [6.07, 6.45) is 1.41. The Morgan fingerprint density at radius 1 is 0.846 bits per heavy atom. The van der Waals surface area contributed by atoms with Crippen molar-refractivity contribution >= 4 is 93.3 Å². The van der Waals surface area contributed by atoms with E-state index in [1.54, 1.807) is 12.3 Å². The van der Waals surface area contributed by atoms with Gasteiger partial charge in [0, 0.05) is 35.1 Å². The summed E-state index contributed by atoms with van der Waals surface area (Å²) in [6, 6.07) is 11.2. The van der Waals surface area contributed by atoms with E-state index in [1.165, 1.54) is 49.5 Å². The highest BCUT2D eigenvalue weighted by Gasteiger charge is 2.29. The number of hydrogen-bond acceptors (Lipinski definition) is 16. The third kappa shape index (κ3) is 8.45. The summed E-state index contributed by atoms with van der Waals surface area (Å²) in [7, 11) is -8.22. The molecule has 0 unspecified atom stereocenters. The average Bonchev–Trinajstić information content (AvgIpc) is 3.73. The SMILES string of the molecule is CCOC(=O)c1sc(NS(=O)(=O)c2ccc(NC(=O)c3cc([N+](=O)[O-])c(Nc4ccc(S(=O)(=O)Nc5nccs5)cc4)c([N+](=O)[O-])c3)cc2)nc1C. The summed E-state index contributed by atoms with van der Waals surface area (Å²) in [5.41, 5.74) is -2.33. The zero-order valence-corrected chi connectivity index (χ0v) is 29.8. The van der Waals surface area contributed by atoms with Gasteiger partial charge in [0.15, 0.2) is 16.0 Å². The van der Waals surface area contributed by atoms with Crippen LogP contribution < -0.4 is 20.1 Å². The van der Waals surface area contributed by atoms with Gasteiger partial charge in [-0.2, -0.15) is 0 Å². The minimum atomic E-state index is -4.19. The monoisotopic (exact) mass is 788 g/mol. The molecule has 0 atom stereocenters. The molecule has 0 fully saturated rings. The summed E-state index contributed by atoms with van der Waals surface area (Å²) >= 11 is 1.85. The van der Waals surface area contributed by atoms with E-state index >= 15 is 0 Å². The molecule has 0 spiro atoms. The van der Waals surface area contributed by atoms with Crippen LogP contribution in [0.5, 0.6) is 0 Å². The van der Waals surface area contributed by atoms with Gasteiger partial charge in [-0.1, -0.05) is 11.3 Å². The third-order valence-corrected chi connectivity index (χ3v) is 11.5. The number of nitrogens with one attached hydrogen (secondary N) is 4. The summed E-state index contributed by atoms with van der Waals surface area (Å²) in [6.45, 7) is 3.26. The number of benzene rings is 3. The lowest BCUT2D eigenvalue weighted by molar-refractivity contribution is -0.392. The maximum absolute atomic E-state index is 13.1. The molecule has 2 aromatic heterocycles. The van der Waals surface area contributed by atoms with Crippen molar-refractivity contribution in [2.75, 3.05) is 26.7 Å². The van der Waals surface area contributed by atoms with Crippen LogP contribution in [0.4, 0.5) is 38.7 Å². The number of aryl methyl sites for hydroxylation is 1. The van der Waals surface area contributed by atoms with Crippen LogP contribution in [0.3, 0.4) is 0 Å². The molecule has 5 rings (SSSR count). The zero-order chi connectivity index (χ0) is 37.8. The zero-order valence-electron chi connectivity index (χ0n) is 26.5. The minimum absolute atomic E-state index is 0.0468. The summed E-state index contributed by atoms with van der Waals surface area (Å²) in [5.74, 6) is -1.63. The van der Waals surface area contributed by atoms with Crippen LogP contribution in [-0.4, -0.2) is 55.1 Å². The van der Waals surface area contributed by atoms with Crippen LogP contribution >= 0.6 is 22.7 Å². The van der Waals surface area contributed by atoms with Crippen molar-refractivity contribution in [2.24, 2.45) is 0 Å². The molecule has 2 heterocycles. The fraction of sp³-hybridized carbons (Fsp3) is 0.103. The highest BCUT2D eigenvalue weighted by atomic mass is 32.2. The Kier molecular flexibility index (Phi) is 10.8. The molecule has 0 saturated carbocycles. The fourth-order valence-electron chi connectivity index (χ4n) is 4.39. The molecule has 5 aromatic rings. The van der Waals surface area contributed by atoms with Gasteiger partial charge in [0.1, 0.15) is 4.88 Å². The molecular formula is C29H24N8O11S4. The molecule has 4 N–H and O–H groups in total. The van der Waals surface area contributed by atoms with Gasteiger partial charge in [0.05, 0.1) is 37.5 Å². The highest BCUT2D eigenvalue weighted by molar-refractivity contribution is 7.93. The van der Waals surface area contributed by atoms with Crippen LogP contribution in [0, 0.1) is 27.2 Å². The van der Waals surface area contributed by atoms with E-state index in [9.17, 15) is 46.7 Å². The quantitative estimate of drug-likeness (QED) is 0.0615. The summed E-state index contributed by atoms with van der Waals surface area (Å²) in [4.78, 5) is 55.0. The van der Waals surface area contributed by atoms with E-state index in [-0.39, 0.29) is 48.6 Å². The van der Waals surface area contributed by atoms with E-state index in [2.05, 4.69) is 30.0 Å². The molecule has 0 saturated heterocycles. The first-order valence-electron chi connectivity index (χ1n) is 14.4. The normalized spacial score (nSPS) is 11.3. The molecule has 19 nitrogen and oxygen atoms in total. The van der Waals surface area contributed by atoms with Crippen LogP contribution in [0.2, 0.25) is 0 Å². The van der Waals surface area contributed by atoms with Gasteiger partial charge in [-0.25, -0.2) is 31.6 Å². The number of aromatic nitrogens is 2. The van der Waals surface area contributed by atoms with E-state index < -0.39 is 64.4 Å². The standard InChI is InChI=1S/C29H24N8O11S4/c1-3-48-27(39)25-16(2)31-29(50-25)35-52(46,47)21-10-6-19(7-11-21)33-26(38)17-14-22(36(40)41)24(23(15-17)37(42)43)32-18-4-8-20(9-5-18)51(44,45)34-28-30-12-13-49-28/h4-15,32H,3H2,1-2H3,(H,30,34)(H,31,35)(H,33,38). The lowest BCUT2D eigenvalue weighted by Gasteiger charge is -2.11. The summed E-state index contributed by atoms with van der Waals surface area (Å²) < 4.78 is 60.7. The Morgan fingerprint density at radius 3 is 1.88 bits per heavy atom. The van der Waals surface area contributed by atoms with E-state index in [4.69, 9.17) is 4.74 Å². The number of carbonyl (C=O) groups excluding carboxylic acids is 2. The van der Waals surface area contributed by atoms with Gasteiger partial charge in [-0.05, 0) is 62.4 Å².